The topological polar surface area (TPSA) is 37.4 Å². The second kappa shape index (κ2) is 6.69. The smallest absolute Gasteiger partial charge is 0.179 e. The summed E-state index contributed by atoms with van der Waals surface area (Å²) in [4.78, 5) is 2.70. The van der Waals surface area contributed by atoms with Gasteiger partial charge in [0.15, 0.2) is 9.84 Å². The monoisotopic (exact) mass is 327 g/mol. The second-order valence-electron chi connectivity index (χ2n) is 6.04. The van der Waals surface area contributed by atoms with Gasteiger partial charge in [0.2, 0.25) is 0 Å². The van der Waals surface area contributed by atoms with E-state index in [-0.39, 0.29) is 5.75 Å². The minimum absolute atomic E-state index is 0.183. The third-order valence-corrected chi connectivity index (χ3v) is 5.85. The molecule has 23 heavy (non-hydrogen) atoms. The molecule has 2 aromatic rings. The Hall–Kier alpha value is -1.91. The van der Waals surface area contributed by atoms with Crippen molar-refractivity contribution in [2.45, 2.75) is 18.4 Å². The highest BCUT2D eigenvalue weighted by Crippen LogP contribution is 2.23. The zero-order chi connectivity index (χ0) is 16.3. The molecule has 2 aromatic carbocycles. The summed E-state index contributed by atoms with van der Waals surface area (Å²) in [5, 5.41) is 0. The van der Waals surface area contributed by atoms with Crippen LogP contribution in [0.1, 0.15) is 18.1 Å². The second-order valence-corrected chi connectivity index (χ2v) is 8.12. The highest BCUT2D eigenvalue weighted by molar-refractivity contribution is 7.91. The molecule has 1 heterocycles. The van der Waals surface area contributed by atoms with Gasteiger partial charge in [-0.3, -0.25) is 4.90 Å². The molecule has 0 spiro atoms. The van der Waals surface area contributed by atoms with E-state index in [1.54, 1.807) is 12.1 Å². The Labute approximate surface area is 138 Å². The molecule has 3 rings (SSSR count). The van der Waals surface area contributed by atoms with Crippen molar-refractivity contribution in [1.29, 1.82) is 0 Å². The number of fused-ring (bicyclic) bond motifs is 1. The van der Waals surface area contributed by atoms with Crippen LogP contribution in [-0.4, -0.2) is 32.2 Å². The normalized spacial score (nSPS) is 18.2. The Morgan fingerprint density at radius 1 is 1.09 bits per heavy atom. The van der Waals surface area contributed by atoms with E-state index in [0.717, 1.165) is 12.1 Å². The van der Waals surface area contributed by atoms with Gasteiger partial charge in [-0.2, -0.15) is 0 Å². The van der Waals surface area contributed by atoms with Crippen molar-refractivity contribution in [2.75, 3.05) is 18.8 Å². The Bertz CT molecular complexity index is 810. The van der Waals surface area contributed by atoms with Gasteiger partial charge in [-0.25, -0.2) is 8.42 Å². The lowest BCUT2D eigenvalue weighted by Crippen LogP contribution is -2.27. The molecule has 0 bridgehead atoms. The maximum absolute atomic E-state index is 12.4. The molecule has 0 amide bonds. The number of nitrogens with zero attached hydrogens (tertiary/aromatic N) is 1. The maximum Gasteiger partial charge on any atom is 0.179 e. The van der Waals surface area contributed by atoms with E-state index < -0.39 is 9.84 Å². The Morgan fingerprint density at radius 2 is 1.78 bits per heavy atom. The lowest BCUT2D eigenvalue weighted by atomic mass is 10.1. The fraction of sp³-hybridized carbons (Fsp3) is 0.263. The quantitative estimate of drug-likeness (QED) is 0.867. The first kappa shape index (κ1) is 16.0. The maximum atomic E-state index is 12.4. The number of sulfone groups is 1. The number of hydrogen-bond donors (Lipinski definition) is 0. The van der Waals surface area contributed by atoms with Crippen LogP contribution in [-0.2, 0) is 16.4 Å². The van der Waals surface area contributed by atoms with Crippen molar-refractivity contribution in [1.82, 2.24) is 4.90 Å². The molecule has 0 N–H and O–H groups in total. The standard InChI is InChI=1S/C19H21NO2S/c1-16(13-17-7-3-2-4-8-17)14-20-11-12-23(21,22)19-10-6-5-9-18(19)15-20/h2-10,13H,11-12,14-15H2,1H3/b16-13+. The van der Waals surface area contributed by atoms with Crippen LogP contribution in [0.15, 0.2) is 65.1 Å². The molecule has 0 radical (unpaired) electrons. The minimum Gasteiger partial charge on any atom is -0.294 e. The summed E-state index contributed by atoms with van der Waals surface area (Å²) in [7, 11) is -3.17. The minimum atomic E-state index is -3.17. The van der Waals surface area contributed by atoms with Gasteiger partial charge in [0.05, 0.1) is 10.6 Å². The van der Waals surface area contributed by atoms with E-state index >= 15 is 0 Å². The lowest BCUT2D eigenvalue weighted by molar-refractivity contribution is 0.307. The zero-order valence-corrected chi connectivity index (χ0v) is 14.1. The first-order valence-corrected chi connectivity index (χ1v) is 9.45. The average molecular weight is 327 g/mol. The Kier molecular flexibility index (Phi) is 4.64. The van der Waals surface area contributed by atoms with E-state index in [9.17, 15) is 8.42 Å². The molecule has 1 aliphatic rings. The predicted octanol–water partition coefficient (Wildman–Crippen LogP) is 3.38. The summed E-state index contributed by atoms with van der Waals surface area (Å²) in [5.41, 5.74) is 3.30. The van der Waals surface area contributed by atoms with E-state index in [4.69, 9.17) is 0 Å². The molecule has 4 heteroatoms. The van der Waals surface area contributed by atoms with Crippen LogP contribution in [0.4, 0.5) is 0 Å². The van der Waals surface area contributed by atoms with Crippen LogP contribution in [0.5, 0.6) is 0 Å². The zero-order valence-electron chi connectivity index (χ0n) is 13.3. The van der Waals surface area contributed by atoms with E-state index in [2.05, 4.69) is 30.0 Å². The van der Waals surface area contributed by atoms with Crippen LogP contribution in [0.3, 0.4) is 0 Å². The van der Waals surface area contributed by atoms with Gasteiger partial charge in [0.25, 0.3) is 0 Å². The molecule has 0 saturated carbocycles. The molecule has 0 aliphatic carbocycles. The van der Waals surface area contributed by atoms with Crippen LogP contribution < -0.4 is 0 Å². The highest BCUT2D eigenvalue weighted by Gasteiger charge is 2.24. The molecule has 0 unspecified atom stereocenters. The number of benzene rings is 2. The third-order valence-electron chi connectivity index (χ3n) is 4.06. The lowest BCUT2D eigenvalue weighted by Gasteiger charge is -2.20. The van der Waals surface area contributed by atoms with Crippen LogP contribution in [0, 0.1) is 0 Å². The van der Waals surface area contributed by atoms with Gasteiger partial charge in [0, 0.05) is 19.6 Å². The first-order chi connectivity index (χ1) is 11.0. The van der Waals surface area contributed by atoms with Gasteiger partial charge in [-0.15, -0.1) is 0 Å². The first-order valence-electron chi connectivity index (χ1n) is 7.80. The van der Waals surface area contributed by atoms with Crippen LogP contribution in [0.2, 0.25) is 0 Å². The van der Waals surface area contributed by atoms with E-state index in [0.29, 0.717) is 18.0 Å². The molecule has 120 valence electrons. The average Bonchev–Trinajstić information content (AvgIpc) is 2.65. The molecular formula is C19H21NO2S. The summed E-state index contributed by atoms with van der Waals surface area (Å²) < 4.78 is 24.7. The van der Waals surface area contributed by atoms with Gasteiger partial charge < -0.3 is 0 Å². The molecule has 0 saturated heterocycles. The van der Waals surface area contributed by atoms with Gasteiger partial charge in [-0.05, 0) is 24.1 Å². The van der Waals surface area contributed by atoms with Crippen molar-refractivity contribution >= 4 is 15.9 Å². The summed E-state index contributed by atoms with van der Waals surface area (Å²) in [6.45, 7) is 4.11. The third kappa shape index (κ3) is 3.89. The van der Waals surface area contributed by atoms with Crippen molar-refractivity contribution in [3.05, 3.63) is 71.3 Å². The highest BCUT2D eigenvalue weighted by atomic mass is 32.2. The van der Waals surface area contributed by atoms with Gasteiger partial charge >= 0.3 is 0 Å². The summed E-state index contributed by atoms with van der Waals surface area (Å²) in [5.74, 6) is 0.183. The van der Waals surface area contributed by atoms with Crippen molar-refractivity contribution < 1.29 is 8.42 Å². The predicted molar refractivity (Wildman–Crippen MR) is 93.9 cm³/mol. The van der Waals surface area contributed by atoms with Crippen LogP contribution >= 0.6 is 0 Å². The fourth-order valence-corrected chi connectivity index (χ4v) is 4.52. The Balaban J connectivity index is 1.79. The van der Waals surface area contributed by atoms with Crippen molar-refractivity contribution in [2.24, 2.45) is 0 Å². The number of rotatable bonds is 3. The molecule has 0 atom stereocenters. The summed E-state index contributed by atoms with van der Waals surface area (Å²) >= 11 is 0. The van der Waals surface area contributed by atoms with E-state index in [1.807, 2.05) is 30.3 Å². The molecular weight excluding hydrogens is 306 g/mol. The molecule has 1 aliphatic heterocycles. The largest absolute Gasteiger partial charge is 0.294 e. The molecule has 0 aromatic heterocycles. The number of hydrogen-bond acceptors (Lipinski definition) is 3. The van der Waals surface area contributed by atoms with Gasteiger partial charge in [0.1, 0.15) is 0 Å². The van der Waals surface area contributed by atoms with Crippen molar-refractivity contribution in [3.63, 3.8) is 0 Å². The van der Waals surface area contributed by atoms with Crippen molar-refractivity contribution in [3.8, 4) is 0 Å². The molecule has 3 nitrogen and oxygen atoms in total. The Morgan fingerprint density at radius 3 is 2.57 bits per heavy atom. The fourth-order valence-electron chi connectivity index (χ4n) is 2.98. The van der Waals surface area contributed by atoms with Gasteiger partial charge in [-0.1, -0.05) is 60.2 Å². The van der Waals surface area contributed by atoms with Crippen LogP contribution in [0.25, 0.3) is 6.08 Å². The summed E-state index contributed by atoms with van der Waals surface area (Å²) in [6, 6.07) is 17.5. The molecule has 0 fully saturated rings. The SMILES string of the molecule is C/C(=C\c1ccccc1)CN1CCS(=O)(=O)c2ccccc2C1. The summed E-state index contributed by atoms with van der Waals surface area (Å²) in [6.07, 6.45) is 2.16. The van der Waals surface area contributed by atoms with E-state index in [1.165, 1.54) is 11.1 Å².